The van der Waals surface area contributed by atoms with E-state index in [1.54, 1.807) is 0 Å². The maximum absolute atomic E-state index is 12.5. The Balaban J connectivity index is 3.43. The van der Waals surface area contributed by atoms with Crippen LogP contribution in [0.25, 0.3) is 0 Å². The highest BCUT2D eigenvalue weighted by Gasteiger charge is 2.21. The van der Waals surface area contributed by atoms with Gasteiger partial charge in [0.05, 0.1) is 17.1 Å². The Morgan fingerprint density at radius 1 is 1.64 bits per heavy atom. The van der Waals surface area contributed by atoms with E-state index in [2.05, 4.69) is 20.9 Å². The number of carbonyl (C=O) groups excluding carboxylic acids is 1. The van der Waals surface area contributed by atoms with Crippen molar-refractivity contribution < 1.29 is 18.3 Å². The summed E-state index contributed by atoms with van der Waals surface area (Å²) in [6.07, 6.45) is -1.28. The number of hydrogen-bond donors (Lipinski definition) is 0. The van der Waals surface area contributed by atoms with Gasteiger partial charge >= 0.3 is 0 Å². The molecule has 6 heteroatoms. The van der Waals surface area contributed by atoms with Gasteiger partial charge < -0.3 is 4.74 Å². The Labute approximate surface area is 87.2 Å². The van der Waals surface area contributed by atoms with Crippen LogP contribution >= 0.6 is 15.9 Å². The van der Waals surface area contributed by atoms with Crippen molar-refractivity contribution in [2.75, 3.05) is 7.11 Å². The van der Waals surface area contributed by atoms with Gasteiger partial charge in [0.2, 0.25) is 0 Å². The normalized spacial score (nSPS) is 10.4. The monoisotopic (exact) mass is 265 g/mol. The molecule has 1 rings (SSSR count). The van der Waals surface area contributed by atoms with Crippen molar-refractivity contribution in [1.29, 1.82) is 0 Å². The summed E-state index contributed by atoms with van der Waals surface area (Å²) in [5.41, 5.74) is -0.795. The van der Waals surface area contributed by atoms with Crippen LogP contribution in [-0.2, 0) is 0 Å². The third kappa shape index (κ3) is 1.89. The van der Waals surface area contributed by atoms with E-state index in [1.165, 1.54) is 13.3 Å². The van der Waals surface area contributed by atoms with Crippen LogP contribution in [0.3, 0.4) is 0 Å². The summed E-state index contributed by atoms with van der Waals surface area (Å²) in [5, 5.41) is 0. The van der Waals surface area contributed by atoms with Crippen LogP contribution in [0.15, 0.2) is 10.7 Å². The SMILES string of the molecule is COc1c(Br)cnc(C=O)c1C(F)F. The molecular formula is C8H6BrF2NO2. The van der Waals surface area contributed by atoms with Gasteiger partial charge in [-0.3, -0.25) is 9.78 Å². The number of alkyl halides is 2. The third-order valence-corrected chi connectivity index (χ3v) is 2.15. The molecule has 76 valence electrons. The molecule has 1 aromatic heterocycles. The van der Waals surface area contributed by atoms with Gasteiger partial charge in [-0.05, 0) is 15.9 Å². The summed E-state index contributed by atoms with van der Waals surface area (Å²) in [7, 11) is 1.25. The van der Waals surface area contributed by atoms with Crippen molar-refractivity contribution in [2.45, 2.75) is 6.43 Å². The molecule has 0 N–H and O–H groups in total. The third-order valence-electron chi connectivity index (χ3n) is 1.59. The second-order valence-electron chi connectivity index (χ2n) is 2.36. The van der Waals surface area contributed by atoms with Crippen molar-refractivity contribution in [3.05, 3.63) is 21.9 Å². The van der Waals surface area contributed by atoms with Gasteiger partial charge in [-0.15, -0.1) is 0 Å². The van der Waals surface area contributed by atoms with Gasteiger partial charge in [0.25, 0.3) is 6.43 Å². The summed E-state index contributed by atoms with van der Waals surface area (Å²) in [4.78, 5) is 14.0. The Morgan fingerprint density at radius 3 is 2.71 bits per heavy atom. The first kappa shape index (κ1) is 11.0. The zero-order chi connectivity index (χ0) is 10.7. The zero-order valence-corrected chi connectivity index (χ0v) is 8.72. The standard InChI is InChI=1S/C8H6BrF2NO2/c1-14-7-4(9)2-12-5(3-13)6(7)8(10)11/h2-3,8H,1H3. The molecule has 0 aromatic carbocycles. The Bertz CT molecular complexity index is 357. The van der Waals surface area contributed by atoms with Gasteiger partial charge in [0.15, 0.2) is 6.29 Å². The van der Waals surface area contributed by atoms with Crippen LogP contribution < -0.4 is 4.74 Å². The van der Waals surface area contributed by atoms with E-state index in [0.29, 0.717) is 4.47 Å². The molecule has 0 fully saturated rings. The Hall–Kier alpha value is -1.04. The van der Waals surface area contributed by atoms with E-state index in [1.807, 2.05) is 0 Å². The van der Waals surface area contributed by atoms with Crippen LogP contribution in [0.5, 0.6) is 5.75 Å². The van der Waals surface area contributed by atoms with Crippen molar-refractivity contribution in [3.63, 3.8) is 0 Å². The van der Waals surface area contributed by atoms with Crippen molar-refractivity contribution in [3.8, 4) is 5.75 Å². The molecular weight excluding hydrogens is 260 g/mol. The minimum atomic E-state index is -2.80. The lowest BCUT2D eigenvalue weighted by atomic mass is 10.2. The molecule has 0 bridgehead atoms. The molecule has 0 amide bonds. The number of aldehydes is 1. The summed E-state index contributed by atoms with van der Waals surface area (Å²) >= 11 is 3.00. The van der Waals surface area contributed by atoms with Crippen molar-refractivity contribution >= 4 is 22.2 Å². The van der Waals surface area contributed by atoms with Crippen LogP contribution in [0.1, 0.15) is 22.5 Å². The van der Waals surface area contributed by atoms with E-state index in [4.69, 9.17) is 4.74 Å². The summed E-state index contributed by atoms with van der Waals surface area (Å²) in [5.74, 6) is -0.0582. The molecule has 0 aliphatic carbocycles. The molecule has 0 unspecified atom stereocenters. The lowest BCUT2D eigenvalue weighted by molar-refractivity contribution is 0.109. The second kappa shape index (κ2) is 4.45. The molecule has 0 saturated heterocycles. The van der Waals surface area contributed by atoms with Gasteiger partial charge in [-0.25, -0.2) is 8.78 Å². The first-order valence-corrected chi connectivity index (χ1v) is 4.36. The van der Waals surface area contributed by atoms with Crippen LogP contribution in [0.4, 0.5) is 8.78 Å². The molecule has 1 heterocycles. The number of carbonyl (C=O) groups is 1. The smallest absolute Gasteiger partial charge is 0.269 e. The van der Waals surface area contributed by atoms with Gasteiger partial charge in [-0.1, -0.05) is 0 Å². The van der Waals surface area contributed by atoms with E-state index >= 15 is 0 Å². The topological polar surface area (TPSA) is 39.2 Å². The number of nitrogens with zero attached hydrogens (tertiary/aromatic N) is 1. The van der Waals surface area contributed by atoms with Crippen LogP contribution in [0.2, 0.25) is 0 Å². The quantitative estimate of drug-likeness (QED) is 0.789. The number of methoxy groups -OCH3 is 1. The second-order valence-corrected chi connectivity index (χ2v) is 3.21. The number of rotatable bonds is 3. The molecule has 0 saturated carbocycles. The van der Waals surface area contributed by atoms with E-state index in [-0.39, 0.29) is 17.7 Å². The minimum absolute atomic E-state index is 0.0582. The maximum atomic E-state index is 12.5. The number of halogens is 3. The van der Waals surface area contributed by atoms with Gasteiger partial charge in [-0.2, -0.15) is 0 Å². The highest BCUT2D eigenvalue weighted by atomic mass is 79.9. The van der Waals surface area contributed by atoms with E-state index < -0.39 is 12.0 Å². The molecule has 0 aliphatic heterocycles. The van der Waals surface area contributed by atoms with Crippen molar-refractivity contribution in [1.82, 2.24) is 4.98 Å². The molecule has 0 atom stereocenters. The molecule has 1 aromatic rings. The minimum Gasteiger partial charge on any atom is -0.495 e. The van der Waals surface area contributed by atoms with Crippen LogP contribution in [0, 0.1) is 0 Å². The first-order chi connectivity index (χ1) is 6.61. The largest absolute Gasteiger partial charge is 0.495 e. The first-order valence-electron chi connectivity index (χ1n) is 3.57. The summed E-state index contributed by atoms with van der Waals surface area (Å²) < 4.78 is 30.1. The fraction of sp³-hybridized carbons (Fsp3) is 0.250. The fourth-order valence-electron chi connectivity index (χ4n) is 1.01. The number of pyridine rings is 1. The average Bonchev–Trinajstić information content (AvgIpc) is 2.17. The molecule has 0 aliphatic rings. The van der Waals surface area contributed by atoms with Gasteiger partial charge in [0.1, 0.15) is 11.4 Å². The zero-order valence-electron chi connectivity index (χ0n) is 7.13. The lowest BCUT2D eigenvalue weighted by Crippen LogP contribution is -2.01. The number of aromatic nitrogens is 1. The highest BCUT2D eigenvalue weighted by Crippen LogP contribution is 2.35. The van der Waals surface area contributed by atoms with E-state index in [9.17, 15) is 13.6 Å². The lowest BCUT2D eigenvalue weighted by Gasteiger charge is -2.10. The predicted molar refractivity (Wildman–Crippen MR) is 48.8 cm³/mol. The molecule has 0 radical (unpaired) electrons. The van der Waals surface area contributed by atoms with Crippen molar-refractivity contribution in [2.24, 2.45) is 0 Å². The average molecular weight is 266 g/mol. The Kier molecular flexibility index (Phi) is 3.51. The highest BCUT2D eigenvalue weighted by molar-refractivity contribution is 9.10. The Morgan fingerprint density at radius 2 is 2.29 bits per heavy atom. The van der Waals surface area contributed by atoms with Gasteiger partial charge in [0, 0.05) is 6.20 Å². The number of hydrogen-bond acceptors (Lipinski definition) is 3. The van der Waals surface area contributed by atoms with E-state index in [0.717, 1.165) is 0 Å². The summed E-state index contributed by atoms with van der Waals surface area (Å²) in [6, 6.07) is 0. The molecule has 3 nitrogen and oxygen atoms in total. The fourth-order valence-corrected chi connectivity index (χ4v) is 1.49. The molecule has 14 heavy (non-hydrogen) atoms. The predicted octanol–water partition coefficient (Wildman–Crippen LogP) is 2.60. The molecule has 0 spiro atoms. The summed E-state index contributed by atoms with van der Waals surface area (Å²) in [6.45, 7) is 0. The number of ether oxygens (including phenoxy) is 1. The maximum Gasteiger partial charge on any atom is 0.269 e. The van der Waals surface area contributed by atoms with Crippen LogP contribution in [-0.4, -0.2) is 18.4 Å².